The summed E-state index contributed by atoms with van der Waals surface area (Å²) in [5.74, 6) is 3.11. The third kappa shape index (κ3) is 5.14. The molecule has 2 aromatic carbocycles. The molecule has 1 atom stereocenters. The molecule has 3 N–H and O–H groups in total. The highest BCUT2D eigenvalue weighted by atomic mass is 16.6. The van der Waals surface area contributed by atoms with Crippen molar-refractivity contribution in [2.45, 2.75) is 65.1 Å². The monoisotopic (exact) mass is 580 g/mol. The van der Waals surface area contributed by atoms with E-state index in [2.05, 4.69) is 31.3 Å². The zero-order chi connectivity index (χ0) is 29.7. The molecule has 5 heterocycles. The highest BCUT2D eigenvalue weighted by molar-refractivity contribution is 5.99. The Morgan fingerprint density at radius 2 is 1.95 bits per heavy atom. The van der Waals surface area contributed by atoms with Gasteiger partial charge in [-0.15, -0.1) is 0 Å². The summed E-state index contributed by atoms with van der Waals surface area (Å²) in [4.78, 5) is 30.5. The number of imidazole rings is 2. The molecule has 1 fully saturated rings. The number of H-pyrrole nitrogens is 2. The molecule has 11 heteroatoms. The third-order valence-corrected chi connectivity index (χ3v) is 7.80. The SMILES string of the molecule is CCCN(Cc1ncc(-c2ccc3c(c2)Oc2ccc(-c4cnc(C5CCCN5)[nH]4)c4cnn-3c24)[nH]1)C(=O)OC(C)(C)C. The van der Waals surface area contributed by atoms with Gasteiger partial charge in [0, 0.05) is 23.1 Å². The van der Waals surface area contributed by atoms with E-state index in [-0.39, 0.29) is 12.1 Å². The molecule has 0 radical (unpaired) electrons. The fraction of sp³-hybridized carbons (Fsp3) is 0.375. The van der Waals surface area contributed by atoms with Crippen LogP contribution in [-0.4, -0.2) is 59.4 Å². The molecule has 2 aliphatic rings. The number of carbonyl (C=O) groups is 1. The summed E-state index contributed by atoms with van der Waals surface area (Å²) in [6.07, 6.45) is 8.31. The number of ether oxygens (including phenoxy) is 2. The van der Waals surface area contributed by atoms with Gasteiger partial charge < -0.3 is 29.7 Å². The number of nitrogens with zero attached hydrogens (tertiary/aromatic N) is 5. The van der Waals surface area contributed by atoms with E-state index in [0.29, 0.717) is 24.7 Å². The minimum Gasteiger partial charge on any atom is -0.453 e. The number of amides is 1. The zero-order valence-electron chi connectivity index (χ0n) is 24.9. The number of aromatic nitrogens is 6. The summed E-state index contributed by atoms with van der Waals surface area (Å²) in [6, 6.07) is 10.4. The number of fused-ring (bicyclic) bond motifs is 2. The minimum absolute atomic E-state index is 0.278. The first-order valence-electron chi connectivity index (χ1n) is 14.9. The van der Waals surface area contributed by atoms with Gasteiger partial charge in [0.25, 0.3) is 0 Å². The van der Waals surface area contributed by atoms with Gasteiger partial charge in [0.05, 0.1) is 42.6 Å². The van der Waals surface area contributed by atoms with Gasteiger partial charge in [-0.25, -0.2) is 19.4 Å². The Hall–Kier alpha value is -4.64. The van der Waals surface area contributed by atoms with Gasteiger partial charge in [-0.2, -0.15) is 5.10 Å². The van der Waals surface area contributed by atoms with Crippen LogP contribution >= 0.6 is 0 Å². The summed E-state index contributed by atoms with van der Waals surface area (Å²) < 4.78 is 14.0. The maximum absolute atomic E-state index is 12.7. The van der Waals surface area contributed by atoms with E-state index in [1.54, 1.807) is 11.1 Å². The molecule has 222 valence electrons. The van der Waals surface area contributed by atoms with E-state index in [0.717, 1.165) is 76.5 Å². The van der Waals surface area contributed by atoms with Crippen LogP contribution in [0.2, 0.25) is 0 Å². The number of hydrogen-bond donors (Lipinski definition) is 3. The van der Waals surface area contributed by atoms with Gasteiger partial charge in [0.2, 0.25) is 0 Å². The van der Waals surface area contributed by atoms with Crippen LogP contribution in [-0.2, 0) is 11.3 Å². The maximum Gasteiger partial charge on any atom is 0.410 e. The fourth-order valence-corrected chi connectivity index (χ4v) is 5.84. The van der Waals surface area contributed by atoms with Gasteiger partial charge in [0.1, 0.15) is 28.5 Å². The van der Waals surface area contributed by atoms with Crippen molar-refractivity contribution in [3.05, 3.63) is 60.6 Å². The van der Waals surface area contributed by atoms with Gasteiger partial charge >= 0.3 is 6.09 Å². The van der Waals surface area contributed by atoms with Crippen LogP contribution in [0.3, 0.4) is 0 Å². The Labute approximate surface area is 249 Å². The minimum atomic E-state index is -0.559. The Bertz CT molecular complexity index is 1800. The number of aromatic amines is 2. The molecule has 1 unspecified atom stereocenters. The van der Waals surface area contributed by atoms with E-state index < -0.39 is 5.60 Å². The van der Waals surface area contributed by atoms with Crippen LogP contribution < -0.4 is 10.1 Å². The molecule has 0 aliphatic carbocycles. The standard InChI is InChI=1S/C32H36N8O3/c1-5-13-39(31(41)43-32(2,3)4)18-28-34-16-23(37-28)19-8-10-25-27(14-19)42-26-11-9-20(21-15-36-40(25)29(21)26)24-17-35-30(38-24)22-7-6-12-33-22/h8-11,14-17,22,33H,5-7,12-13,18H2,1-4H3,(H,34,37)(H,35,38). The Kier molecular flexibility index (Phi) is 6.69. The van der Waals surface area contributed by atoms with Crippen LogP contribution in [0.4, 0.5) is 4.79 Å². The molecule has 11 nitrogen and oxygen atoms in total. The van der Waals surface area contributed by atoms with Crippen LogP contribution in [0.15, 0.2) is 48.9 Å². The van der Waals surface area contributed by atoms with Crippen molar-refractivity contribution in [1.82, 2.24) is 39.9 Å². The van der Waals surface area contributed by atoms with Gasteiger partial charge in [0.15, 0.2) is 11.5 Å². The van der Waals surface area contributed by atoms with Crippen LogP contribution in [0.5, 0.6) is 11.5 Å². The Morgan fingerprint density at radius 3 is 2.74 bits per heavy atom. The van der Waals surface area contributed by atoms with Crippen molar-refractivity contribution < 1.29 is 14.3 Å². The topological polar surface area (TPSA) is 126 Å². The number of carbonyl (C=O) groups excluding carboxylic acids is 1. The molecular weight excluding hydrogens is 544 g/mol. The first-order valence-corrected chi connectivity index (χ1v) is 14.9. The number of nitrogens with one attached hydrogen (secondary N) is 3. The van der Waals surface area contributed by atoms with Gasteiger partial charge in [-0.3, -0.25) is 0 Å². The molecule has 0 bridgehead atoms. The van der Waals surface area contributed by atoms with Crippen molar-refractivity contribution in [3.63, 3.8) is 0 Å². The van der Waals surface area contributed by atoms with Crippen LogP contribution in [0.25, 0.3) is 39.1 Å². The van der Waals surface area contributed by atoms with E-state index in [1.165, 1.54) is 0 Å². The normalized spacial score (nSPS) is 15.9. The average molecular weight is 581 g/mol. The lowest BCUT2D eigenvalue weighted by molar-refractivity contribution is 0.0229. The summed E-state index contributed by atoms with van der Waals surface area (Å²) in [6.45, 7) is 9.58. The number of benzene rings is 2. The molecule has 3 aromatic heterocycles. The summed E-state index contributed by atoms with van der Waals surface area (Å²) >= 11 is 0. The first-order chi connectivity index (χ1) is 20.8. The van der Waals surface area contributed by atoms with Crippen molar-refractivity contribution in [1.29, 1.82) is 0 Å². The molecule has 0 spiro atoms. The Morgan fingerprint density at radius 1 is 1.09 bits per heavy atom. The number of hydrogen-bond acceptors (Lipinski definition) is 7. The van der Waals surface area contributed by atoms with Crippen molar-refractivity contribution in [3.8, 4) is 39.7 Å². The number of rotatable bonds is 7. The summed E-state index contributed by atoms with van der Waals surface area (Å²) in [7, 11) is 0. The lowest BCUT2D eigenvalue weighted by atomic mass is 10.1. The average Bonchev–Trinajstić information content (AvgIpc) is 3.79. The first kappa shape index (κ1) is 27.2. The molecule has 1 saturated heterocycles. The van der Waals surface area contributed by atoms with Crippen molar-refractivity contribution in [2.75, 3.05) is 13.1 Å². The predicted molar refractivity (Wildman–Crippen MR) is 163 cm³/mol. The van der Waals surface area contributed by atoms with Crippen molar-refractivity contribution >= 4 is 17.0 Å². The smallest absolute Gasteiger partial charge is 0.410 e. The highest BCUT2D eigenvalue weighted by Crippen LogP contribution is 2.44. The second-order valence-electron chi connectivity index (χ2n) is 12.2. The Balaban J connectivity index is 1.14. The summed E-state index contributed by atoms with van der Waals surface area (Å²) in [5.41, 5.74) is 4.99. The second-order valence-corrected chi connectivity index (χ2v) is 12.2. The van der Waals surface area contributed by atoms with E-state index in [4.69, 9.17) is 14.6 Å². The molecule has 0 saturated carbocycles. The van der Waals surface area contributed by atoms with Crippen LogP contribution in [0.1, 0.15) is 64.6 Å². The molecule has 1 amide bonds. The third-order valence-electron chi connectivity index (χ3n) is 7.80. The van der Waals surface area contributed by atoms with Gasteiger partial charge in [-0.1, -0.05) is 13.0 Å². The molecule has 5 aromatic rings. The van der Waals surface area contributed by atoms with Gasteiger partial charge in [-0.05, 0) is 70.8 Å². The lowest BCUT2D eigenvalue weighted by Gasteiger charge is -2.26. The van der Waals surface area contributed by atoms with Crippen molar-refractivity contribution in [2.24, 2.45) is 0 Å². The molecule has 2 aliphatic heterocycles. The maximum atomic E-state index is 12.7. The van der Waals surface area contributed by atoms with E-state index in [9.17, 15) is 4.79 Å². The largest absolute Gasteiger partial charge is 0.453 e. The quantitative estimate of drug-likeness (QED) is 0.197. The molecule has 43 heavy (non-hydrogen) atoms. The van der Waals surface area contributed by atoms with E-state index in [1.807, 2.05) is 69.0 Å². The predicted octanol–water partition coefficient (Wildman–Crippen LogP) is 6.48. The van der Waals surface area contributed by atoms with E-state index >= 15 is 0 Å². The summed E-state index contributed by atoms with van der Waals surface area (Å²) in [5, 5.41) is 9.26. The fourth-order valence-electron chi connectivity index (χ4n) is 5.84. The second kappa shape index (κ2) is 10.6. The lowest BCUT2D eigenvalue weighted by Crippen LogP contribution is -2.37. The molecular formula is C32H36N8O3. The highest BCUT2D eigenvalue weighted by Gasteiger charge is 2.26. The van der Waals surface area contributed by atoms with Crippen LogP contribution in [0, 0.1) is 0 Å². The molecule has 7 rings (SSSR count). The zero-order valence-corrected chi connectivity index (χ0v) is 24.9.